The Hall–Kier alpha value is -6.59. The number of hydrogen-bond donors (Lipinski definition) is 5. The molecule has 4 heterocycles. The highest BCUT2D eigenvalue weighted by atomic mass is 32.2. The van der Waals surface area contributed by atoms with Crippen molar-refractivity contribution in [2.45, 2.75) is 62.4 Å². The molecule has 25 nitrogen and oxygen atoms in total. The predicted octanol–water partition coefficient (Wildman–Crippen LogP) is 0.825. The van der Waals surface area contributed by atoms with Gasteiger partial charge in [-0.15, -0.1) is 0 Å². The third-order valence-corrected chi connectivity index (χ3v) is 13.4. The van der Waals surface area contributed by atoms with Gasteiger partial charge in [-0.05, 0) is 82.1 Å². The maximum atomic E-state index is 13.0. The highest BCUT2D eigenvalue weighted by molar-refractivity contribution is 7.86. The van der Waals surface area contributed by atoms with Crippen LogP contribution in [-0.4, -0.2) is 198 Å². The number of phenolic OH excluding ortho intramolecular Hbond substituents is 1. The van der Waals surface area contributed by atoms with E-state index in [1.807, 2.05) is 6.92 Å². The van der Waals surface area contributed by atoms with E-state index in [1.165, 1.54) is 56.3 Å². The number of aromatic hydroxyl groups is 1. The Morgan fingerprint density at radius 2 is 0.896 bits per heavy atom. The van der Waals surface area contributed by atoms with E-state index in [4.69, 9.17) is 47.6 Å². The number of carbonyl (C=O) groups excluding carboxylic acids is 8. The SMILES string of the molecule is CC1(N2C(=O)c3ccc(O)cc3C2=O)CCC(=O)NC1=O.CC1(N2C(=O)c3ccc(OCCOCCOCCOCCO)cc3C2=O)CCC(=O)NC1=O.Cc1ccc(S(=O)(=O)OCCOCCOCCOCCO)cc1. The second kappa shape index (κ2) is 29.2. The zero-order chi connectivity index (χ0) is 56.2. The molecule has 2 fully saturated rings. The van der Waals surface area contributed by atoms with Crippen LogP contribution in [0.25, 0.3) is 0 Å². The smallest absolute Gasteiger partial charge is 0.297 e. The van der Waals surface area contributed by atoms with Gasteiger partial charge in [0, 0.05) is 12.8 Å². The topological polar surface area (TPSA) is 336 Å². The maximum Gasteiger partial charge on any atom is 0.297 e. The zero-order valence-corrected chi connectivity index (χ0v) is 43.7. The van der Waals surface area contributed by atoms with Crippen LogP contribution in [0.15, 0.2) is 65.6 Å². The normalized spacial score (nSPS) is 19.0. The lowest BCUT2D eigenvalue weighted by molar-refractivity contribution is -0.142. The average molecular weight is 1100 g/mol. The molecule has 7 rings (SSSR count). The molecule has 0 spiro atoms. The third kappa shape index (κ3) is 16.5. The highest BCUT2D eigenvalue weighted by Crippen LogP contribution is 2.37. The summed E-state index contributed by atoms with van der Waals surface area (Å²) in [4.78, 5) is 99.8. The number of imide groups is 4. The van der Waals surface area contributed by atoms with Crippen molar-refractivity contribution in [2.75, 3.05) is 106 Å². The minimum absolute atomic E-state index is 0.00535. The number of nitrogens with zero attached hydrogens (tertiary/aromatic N) is 2. The molecule has 3 aromatic rings. The van der Waals surface area contributed by atoms with Crippen molar-refractivity contribution in [3.8, 4) is 11.5 Å². The van der Waals surface area contributed by atoms with Gasteiger partial charge in [-0.2, -0.15) is 8.42 Å². The van der Waals surface area contributed by atoms with Gasteiger partial charge in [0.1, 0.15) is 29.2 Å². The molecule has 2 unspecified atom stereocenters. The molecule has 0 radical (unpaired) electrons. The minimum Gasteiger partial charge on any atom is -0.508 e. The second-order valence-electron chi connectivity index (χ2n) is 17.7. The van der Waals surface area contributed by atoms with Gasteiger partial charge in [0.05, 0.1) is 126 Å². The Balaban J connectivity index is 0.000000220. The fourth-order valence-electron chi connectivity index (χ4n) is 7.86. The highest BCUT2D eigenvalue weighted by Gasteiger charge is 2.54. The Kier molecular flexibility index (Phi) is 23.3. The van der Waals surface area contributed by atoms with Crippen LogP contribution in [0.5, 0.6) is 11.5 Å². The molecule has 0 bridgehead atoms. The molecule has 0 aliphatic carbocycles. The summed E-state index contributed by atoms with van der Waals surface area (Å²) in [6, 6.07) is 14.9. The molecular weight excluding hydrogens is 1040 g/mol. The Bertz CT molecular complexity index is 2700. The largest absolute Gasteiger partial charge is 0.508 e. The first-order valence-corrected chi connectivity index (χ1v) is 25.9. The van der Waals surface area contributed by atoms with Gasteiger partial charge in [-0.1, -0.05) is 17.7 Å². The first kappa shape index (κ1) is 61.3. The number of ether oxygens (including phenoxy) is 7. The first-order chi connectivity index (χ1) is 36.8. The molecule has 26 heteroatoms. The minimum atomic E-state index is -3.74. The van der Waals surface area contributed by atoms with Crippen molar-refractivity contribution in [1.82, 2.24) is 20.4 Å². The van der Waals surface area contributed by atoms with Crippen molar-refractivity contribution >= 4 is 57.4 Å². The number of fused-ring (bicyclic) bond motifs is 2. The predicted molar refractivity (Wildman–Crippen MR) is 266 cm³/mol. The average Bonchev–Trinajstić information content (AvgIpc) is 3.85. The number of hydrogen-bond acceptors (Lipinski definition) is 21. The van der Waals surface area contributed by atoms with E-state index in [0.717, 1.165) is 15.4 Å². The van der Waals surface area contributed by atoms with E-state index >= 15 is 0 Å². The summed E-state index contributed by atoms with van der Waals surface area (Å²) in [5.41, 5.74) is -1.31. The monoisotopic (exact) mass is 1100 g/mol. The number of aliphatic hydroxyl groups excluding tert-OH is 2. The molecule has 8 amide bonds. The van der Waals surface area contributed by atoms with Gasteiger partial charge in [0.25, 0.3) is 45.6 Å². The van der Waals surface area contributed by atoms with Gasteiger partial charge >= 0.3 is 0 Å². The number of nitrogens with one attached hydrogen (secondary N) is 2. The molecule has 5 N–H and O–H groups in total. The zero-order valence-electron chi connectivity index (χ0n) is 42.9. The second-order valence-corrected chi connectivity index (χ2v) is 19.3. The molecule has 2 saturated heterocycles. The lowest BCUT2D eigenvalue weighted by Gasteiger charge is -2.38. The van der Waals surface area contributed by atoms with E-state index in [0.29, 0.717) is 71.8 Å². The Morgan fingerprint density at radius 3 is 1.34 bits per heavy atom. The summed E-state index contributed by atoms with van der Waals surface area (Å²) >= 11 is 0. The van der Waals surface area contributed by atoms with Crippen molar-refractivity contribution in [3.63, 3.8) is 0 Å². The number of amides is 8. The number of benzene rings is 3. The van der Waals surface area contributed by atoms with Crippen LogP contribution in [-0.2, 0) is 61.9 Å². The van der Waals surface area contributed by atoms with Crippen LogP contribution in [0, 0.1) is 6.92 Å². The van der Waals surface area contributed by atoms with E-state index in [2.05, 4.69) is 10.6 Å². The van der Waals surface area contributed by atoms with Crippen molar-refractivity contribution in [1.29, 1.82) is 0 Å². The van der Waals surface area contributed by atoms with Crippen molar-refractivity contribution in [2.24, 2.45) is 0 Å². The number of aryl methyl sites for hydroxylation is 1. The summed E-state index contributed by atoms with van der Waals surface area (Å²) in [7, 11) is -3.74. The fraction of sp³-hybridized carbons (Fsp3) is 0.490. The van der Waals surface area contributed by atoms with E-state index < -0.39 is 68.5 Å². The number of piperidine rings is 2. The fourth-order valence-corrected chi connectivity index (χ4v) is 8.75. The Morgan fingerprint density at radius 1 is 0.506 bits per heavy atom. The van der Waals surface area contributed by atoms with Crippen LogP contribution in [0.2, 0.25) is 0 Å². The lowest BCUT2D eigenvalue weighted by atomic mass is 9.89. The van der Waals surface area contributed by atoms with Gasteiger partial charge < -0.3 is 48.5 Å². The number of phenols is 1. The summed E-state index contributed by atoms with van der Waals surface area (Å²) in [5.74, 6) is -4.32. The van der Waals surface area contributed by atoms with Crippen molar-refractivity contribution < 1.29 is 99.4 Å². The van der Waals surface area contributed by atoms with Crippen LogP contribution in [0.3, 0.4) is 0 Å². The van der Waals surface area contributed by atoms with Gasteiger partial charge in [0.15, 0.2) is 0 Å². The van der Waals surface area contributed by atoms with Crippen molar-refractivity contribution in [3.05, 3.63) is 88.5 Å². The summed E-state index contributed by atoms with van der Waals surface area (Å²) in [5, 5.41) is 30.9. The molecule has 3 aromatic carbocycles. The van der Waals surface area contributed by atoms with E-state index in [-0.39, 0.29) is 98.2 Å². The lowest BCUT2D eigenvalue weighted by Crippen LogP contribution is -2.62. The maximum absolute atomic E-state index is 13.0. The molecule has 2 atom stereocenters. The summed E-state index contributed by atoms with van der Waals surface area (Å²) in [6.07, 6.45) is 0.256. The molecular formula is C51H64N4O21S. The van der Waals surface area contributed by atoms with Gasteiger partial charge in [0.2, 0.25) is 11.8 Å². The molecule has 0 aromatic heterocycles. The van der Waals surface area contributed by atoms with Crippen LogP contribution in [0.1, 0.15) is 86.5 Å². The molecule has 4 aliphatic heterocycles. The molecule has 420 valence electrons. The van der Waals surface area contributed by atoms with Crippen LogP contribution in [0.4, 0.5) is 0 Å². The number of rotatable bonds is 27. The van der Waals surface area contributed by atoms with E-state index in [1.54, 1.807) is 18.2 Å². The third-order valence-electron chi connectivity index (χ3n) is 12.1. The summed E-state index contributed by atoms with van der Waals surface area (Å²) in [6.45, 7) is 9.16. The van der Waals surface area contributed by atoms with Crippen LogP contribution < -0.4 is 15.4 Å². The number of aliphatic hydroxyl groups is 2. The van der Waals surface area contributed by atoms with Gasteiger partial charge in [-0.3, -0.25) is 63.0 Å². The van der Waals surface area contributed by atoms with E-state index in [9.17, 15) is 51.9 Å². The molecule has 0 saturated carbocycles. The molecule has 77 heavy (non-hydrogen) atoms. The standard InChI is InChI=1S/C22H28N2O9.C15H24O7S.C14H12N2O5/c1-22(5-4-18(26)23-21(22)29)24-19(27)16-3-2-15(14-17(16)20(24)28)33-13-12-32-11-10-31-9-8-30-7-6-25;1-14-2-4-15(5-3-14)23(17,18)22-13-12-21-11-10-20-9-8-19-7-6-16;1-14(5-4-10(18)15-13(14)21)16-11(19)8-3-2-7(17)6-9(8)12(16)20/h2-3,14,25H,4-13H2,1H3,(H,23,26,29);2-5,16H,6-13H2,1H3;2-3,6,17H,4-5H2,1H3,(H,15,18,21). The Labute approximate surface area is 444 Å². The first-order valence-electron chi connectivity index (χ1n) is 24.5. The summed E-state index contributed by atoms with van der Waals surface area (Å²) < 4.78 is 65.5. The van der Waals surface area contributed by atoms with Crippen LogP contribution >= 0.6 is 0 Å². The molecule has 4 aliphatic rings. The number of carbonyl (C=O) groups is 8. The quantitative estimate of drug-likeness (QED) is 0.0401. The van der Waals surface area contributed by atoms with Gasteiger partial charge in [-0.25, -0.2) is 0 Å².